The number of hydrogen-bond donors (Lipinski definition) is 0. The Morgan fingerprint density at radius 3 is 1.52 bits per heavy atom. The molecule has 0 aliphatic heterocycles. The molecule has 0 saturated heterocycles. The predicted molar refractivity (Wildman–Crippen MR) is 123 cm³/mol. The van der Waals surface area contributed by atoms with Crippen LogP contribution in [0, 0.1) is 0 Å². The van der Waals surface area contributed by atoms with Gasteiger partial charge in [0.15, 0.2) is 5.82 Å². The van der Waals surface area contributed by atoms with Gasteiger partial charge in [-0.2, -0.15) is 0 Å². The van der Waals surface area contributed by atoms with Gasteiger partial charge in [-0.3, -0.25) is 0 Å². The Hall–Kier alpha value is -3.99. The van der Waals surface area contributed by atoms with Gasteiger partial charge in [0.1, 0.15) is 13.4 Å². The number of benzene rings is 4. The molecular formula is C26H19BN4. The minimum atomic E-state index is -0.787. The lowest BCUT2D eigenvalue weighted by Gasteiger charge is -2.36. The number of rotatable bonds is 5. The van der Waals surface area contributed by atoms with Gasteiger partial charge in [0, 0.05) is 5.56 Å². The lowest BCUT2D eigenvalue weighted by atomic mass is 9.76. The van der Waals surface area contributed by atoms with E-state index in [1.54, 1.807) is 0 Å². The Balaban J connectivity index is 1.92. The molecular weight excluding hydrogens is 379 g/mol. The summed E-state index contributed by atoms with van der Waals surface area (Å²) in [6.45, 7) is 0. The van der Waals surface area contributed by atoms with E-state index in [0.29, 0.717) is 11.3 Å². The van der Waals surface area contributed by atoms with Crippen LogP contribution in [0.2, 0.25) is 0 Å². The summed E-state index contributed by atoms with van der Waals surface area (Å²) in [6.07, 6.45) is 0. The molecule has 5 heteroatoms. The fourth-order valence-corrected chi connectivity index (χ4v) is 4.19. The third-order valence-electron chi connectivity index (χ3n) is 5.56. The smallest absolute Gasteiger partial charge is 0.182 e. The maximum absolute atomic E-state index is 6.33. The van der Waals surface area contributed by atoms with E-state index < -0.39 is 5.54 Å². The van der Waals surface area contributed by atoms with Crippen molar-refractivity contribution < 1.29 is 0 Å². The summed E-state index contributed by atoms with van der Waals surface area (Å²) >= 11 is 0. The van der Waals surface area contributed by atoms with Gasteiger partial charge in [0.2, 0.25) is 0 Å². The zero-order chi connectivity index (χ0) is 21.1. The fraction of sp³-hybridized carbons (Fsp3) is 0.0385. The molecule has 0 spiro atoms. The van der Waals surface area contributed by atoms with Gasteiger partial charge in [0.05, 0.1) is 0 Å². The minimum absolute atomic E-state index is 0.606. The molecule has 5 rings (SSSR count). The number of aromatic nitrogens is 4. The zero-order valence-corrected chi connectivity index (χ0v) is 16.8. The van der Waals surface area contributed by atoms with E-state index >= 15 is 0 Å². The van der Waals surface area contributed by atoms with Crippen LogP contribution in [0.5, 0.6) is 0 Å². The molecule has 4 aromatic carbocycles. The van der Waals surface area contributed by atoms with Crippen molar-refractivity contribution >= 4 is 13.3 Å². The lowest BCUT2D eigenvalue weighted by molar-refractivity contribution is 0.451. The van der Waals surface area contributed by atoms with Crippen molar-refractivity contribution in [2.45, 2.75) is 5.54 Å². The molecule has 0 N–H and O–H groups in total. The molecule has 0 aliphatic carbocycles. The van der Waals surface area contributed by atoms with E-state index in [1.165, 1.54) is 0 Å². The molecule has 1 heterocycles. The van der Waals surface area contributed by atoms with Crippen LogP contribution in [-0.4, -0.2) is 28.1 Å². The van der Waals surface area contributed by atoms with Crippen LogP contribution in [0.4, 0.5) is 0 Å². The zero-order valence-electron chi connectivity index (χ0n) is 16.8. The molecule has 31 heavy (non-hydrogen) atoms. The quantitative estimate of drug-likeness (QED) is 0.332. The maximum atomic E-state index is 6.33. The van der Waals surface area contributed by atoms with Crippen LogP contribution >= 0.6 is 0 Å². The molecule has 0 bridgehead atoms. The van der Waals surface area contributed by atoms with E-state index in [1.807, 2.05) is 83.5 Å². The Kier molecular flexibility index (Phi) is 4.93. The van der Waals surface area contributed by atoms with Gasteiger partial charge in [-0.15, -0.1) is 5.10 Å². The summed E-state index contributed by atoms with van der Waals surface area (Å²) < 4.78 is 1.89. The standard InChI is InChI=1S/C26H19BN4/c27-24-19-11-10-18-23(24)25-28-29-30-31(25)26(20-12-4-1-5-13-20,21-14-6-2-7-15-21)22-16-8-3-9-17-22/h1-19H. The van der Waals surface area contributed by atoms with Crippen molar-refractivity contribution in [3.05, 3.63) is 132 Å². The topological polar surface area (TPSA) is 43.6 Å². The number of tetrazole rings is 1. The first kappa shape index (κ1) is 19.0. The van der Waals surface area contributed by atoms with Gasteiger partial charge in [0.25, 0.3) is 0 Å². The van der Waals surface area contributed by atoms with Crippen LogP contribution in [-0.2, 0) is 5.54 Å². The molecule has 146 valence electrons. The Labute approximate surface area is 182 Å². The molecule has 0 aliphatic rings. The van der Waals surface area contributed by atoms with Crippen LogP contribution in [0.15, 0.2) is 115 Å². The molecule has 0 unspecified atom stereocenters. The highest BCUT2D eigenvalue weighted by Crippen LogP contribution is 2.41. The normalized spacial score (nSPS) is 11.4. The molecule has 2 radical (unpaired) electrons. The van der Waals surface area contributed by atoms with Gasteiger partial charge >= 0.3 is 0 Å². The van der Waals surface area contributed by atoms with E-state index in [-0.39, 0.29) is 0 Å². The predicted octanol–water partition coefficient (Wildman–Crippen LogP) is 3.97. The molecule has 4 nitrogen and oxygen atoms in total. The van der Waals surface area contributed by atoms with Gasteiger partial charge in [-0.25, -0.2) is 4.68 Å². The first-order valence-electron chi connectivity index (χ1n) is 10.1. The number of nitrogens with zero attached hydrogens (tertiary/aromatic N) is 4. The van der Waals surface area contributed by atoms with Crippen molar-refractivity contribution in [1.82, 2.24) is 20.2 Å². The second-order valence-corrected chi connectivity index (χ2v) is 7.31. The van der Waals surface area contributed by atoms with Crippen molar-refractivity contribution in [2.75, 3.05) is 0 Å². The largest absolute Gasteiger partial charge is 0.206 e. The Morgan fingerprint density at radius 2 is 1.03 bits per heavy atom. The van der Waals surface area contributed by atoms with Crippen LogP contribution < -0.4 is 5.46 Å². The third-order valence-corrected chi connectivity index (χ3v) is 5.56. The van der Waals surface area contributed by atoms with E-state index in [4.69, 9.17) is 7.85 Å². The summed E-state index contributed by atoms with van der Waals surface area (Å²) in [4.78, 5) is 0. The summed E-state index contributed by atoms with van der Waals surface area (Å²) in [5.41, 5.74) is 3.79. The van der Waals surface area contributed by atoms with E-state index in [2.05, 4.69) is 51.9 Å². The minimum Gasteiger partial charge on any atom is -0.206 e. The molecule has 1 aromatic heterocycles. The average molecular weight is 398 g/mol. The summed E-state index contributed by atoms with van der Waals surface area (Å²) in [5.74, 6) is 0.606. The number of hydrogen-bond acceptors (Lipinski definition) is 3. The van der Waals surface area contributed by atoms with Crippen LogP contribution in [0.1, 0.15) is 16.7 Å². The average Bonchev–Trinajstić information content (AvgIpc) is 3.32. The Morgan fingerprint density at radius 1 is 0.581 bits per heavy atom. The van der Waals surface area contributed by atoms with Gasteiger partial charge in [-0.1, -0.05) is 121 Å². The molecule has 0 saturated carbocycles. The van der Waals surface area contributed by atoms with Crippen molar-refractivity contribution in [3.63, 3.8) is 0 Å². The lowest BCUT2D eigenvalue weighted by Crippen LogP contribution is -2.39. The first-order chi connectivity index (χ1) is 15.3. The molecule has 0 atom stereocenters. The van der Waals surface area contributed by atoms with E-state index in [9.17, 15) is 0 Å². The Bertz CT molecular complexity index is 1190. The van der Waals surface area contributed by atoms with Crippen molar-refractivity contribution in [3.8, 4) is 11.4 Å². The van der Waals surface area contributed by atoms with Crippen LogP contribution in [0.3, 0.4) is 0 Å². The monoisotopic (exact) mass is 398 g/mol. The highest BCUT2D eigenvalue weighted by molar-refractivity contribution is 6.35. The molecule has 5 aromatic rings. The van der Waals surface area contributed by atoms with Gasteiger partial charge in [-0.05, 0) is 27.1 Å². The fourth-order valence-electron chi connectivity index (χ4n) is 4.19. The second-order valence-electron chi connectivity index (χ2n) is 7.31. The highest BCUT2D eigenvalue weighted by Gasteiger charge is 2.41. The first-order valence-corrected chi connectivity index (χ1v) is 10.1. The van der Waals surface area contributed by atoms with Crippen molar-refractivity contribution in [1.29, 1.82) is 0 Å². The summed E-state index contributed by atoms with van der Waals surface area (Å²) in [6, 6.07) is 38.6. The van der Waals surface area contributed by atoms with Crippen LogP contribution in [0.25, 0.3) is 11.4 Å². The third kappa shape index (κ3) is 3.15. The SMILES string of the molecule is [B]c1ccccc1-c1nnnn1C(c1ccccc1)(c1ccccc1)c1ccccc1. The maximum Gasteiger partial charge on any atom is 0.182 e. The van der Waals surface area contributed by atoms with Gasteiger partial charge < -0.3 is 0 Å². The van der Waals surface area contributed by atoms with Crippen molar-refractivity contribution in [2.24, 2.45) is 0 Å². The second kappa shape index (κ2) is 8.03. The van der Waals surface area contributed by atoms with E-state index in [0.717, 1.165) is 22.3 Å². The summed E-state index contributed by atoms with van der Waals surface area (Å²) in [5, 5.41) is 13.0. The molecule has 0 fully saturated rings. The molecule has 0 amide bonds. The summed E-state index contributed by atoms with van der Waals surface area (Å²) in [7, 11) is 6.33. The highest BCUT2D eigenvalue weighted by atomic mass is 15.6.